The van der Waals surface area contributed by atoms with Crippen molar-refractivity contribution in [3.63, 3.8) is 0 Å². The van der Waals surface area contributed by atoms with Crippen molar-refractivity contribution in [2.45, 2.75) is 13.0 Å². The number of hydrogen-bond acceptors (Lipinski definition) is 3. The van der Waals surface area contributed by atoms with Crippen LogP contribution in [0.25, 0.3) is 5.69 Å². The number of rotatable bonds is 4. The van der Waals surface area contributed by atoms with Gasteiger partial charge in [0, 0.05) is 18.9 Å². The van der Waals surface area contributed by atoms with Gasteiger partial charge in [-0.15, -0.1) is 0 Å². The Balaban J connectivity index is 1.35. The predicted molar refractivity (Wildman–Crippen MR) is 94.5 cm³/mol. The van der Waals surface area contributed by atoms with Gasteiger partial charge in [0.05, 0.1) is 11.6 Å². The minimum atomic E-state index is -0.141. The molecule has 2 heterocycles. The predicted octanol–water partition coefficient (Wildman–Crippen LogP) is 2.74. The van der Waals surface area contributed by atoms with Crippen molar-refractivity contribution in [2.75, 3.05) is 6.61 Å². The molecule has 1 atom stereocenters. The maximum Gasteiger partial charge on any atom is 0.227 e. The van der Waals surface area contributed by atoms with Gasteiger partial charge in [0.1, 0.15) is 12.4 Å². The van der Waals surface area contributed by atoms with Crippen LogP contribution in [0, 0.1) is 5.92 Å². The van der Waals surface area contributed by atoms with Crippen LogP contribution in [0.4, 0.5) is 0 Å². The molecule has 0 spiro atoms. The first-order valence-corrected chi connectivity index (χ1v) is 8.37. The molecule has 3 aromatic rings. The summed E-state index contributed by atoms with van der Waals surface area (Å²) in [5.41, 5.74) is 3.15. The SMILES string of the molecule is O=C(NCc1ccc(-n2cccn2)cc1)[C@@H]1COc2ccccc2C1. The third-order valence-corrected chi connectivity index (χ3v) is 4.42. The van der Waals surface area contributed by atoms with Crippen LogP contribution in [-0.2, 0) is 17.8 Å². The summed E-state index contributed by atoms with van der Waals surface area (Å²) in [6.07, 6.45) is 4.37. The van der Waals surface area contributed by atoms with Crippen LogP contribution in [0.15, 0.2) is 67.0 Å². The minimum absolute atomic E-state index is 0.0330. The zero-order chi connectivity index (χ0) is 17.1. The number of carbonyl (C=O) groups excluding carboxylic acids is 1. The van der Waals surface area contributed by atoms with Crippen LogP contribution in [0.1, 0.15) is 11.1 Å². The molecule has 0 radical (unpaired) electrons. The Morgan fingerprint density at radius 2 is 2.00 bits per heavy atom. The lowest BCUT2D eigenvalue weighted by Crippen LogP contribution is -2.37. The number of amides is 1. The Morgan fingerprint density at radius 1 is 1.16 bits per heavy atom. The van der Waals surface area contributed by atoms with Gasteiger partial charge in [-0.25, -0.2) is 4.68 Å². The Bertz CT molecular complexity index is 857. The quantitative estimate of drug-likeness (QED) is 0.799. The van der Waals surface area contributed by atoms with Gasteiger partial charge in [-0.1, -0.05) is 30.3 Å². The third-order valence-electron chi connectivity index (χ3n) is 4.42. The minimum Gasteiger partial charge on any atom is -0.492 e. The maximum atomic E-state index is 12.4. The lowest BCUT2D eigenvalue weighted by molar-refractivity contribution is -0.126. The van der Waals surface area contributed by atoms with Gasteiger partial charge in [0.2, 0.25) is 5.91 Å². The number of ether oxygens (including phenoxy) is 1. The lowest BCUT2D eigenvalue weighted by Gasteiger charge is -2.24. The fourth-order valence-electron chi connectivity index (χ4n) is 3.02. The summed E-state index contributed by atoms with van der Waals surface area (Å²) in [4.78, 5) is 12.4. The molecule has 1 N–H and O–H groups in total. The van der Waals surface area contributed by atoms with E-state index in [2.05, 4.69) is 10.4 Å². The summed E-state index contributed by atoms with van der Waals surface area (Å²) >= 11 is 0. The van der Waals surface area contributed by atoms with Crippen molar-refractivity contribution in [1.82, 2.24) is 15.1 Å². The van der Waals surface area contributed by atoms with E-state index in [0.717, 1.165) is 29.0 Å². The Hall–Kier alpha value is -3.08. The molecule has 4 rings (SSSR count). The maximum absolute atomic E-state index is 12.4. The first-order chi connectivity index (χ1) is 12.3. The first kappa shape index (κ1) is 15.4. The number of nitrogens with one attached hydrogen (secondary N) is 1. The highest BCUT2D eigenvalue weighted by Crippen LogP contribution is 2.26. The summed E-state index contributed by atoms with van der Waals surface area (Å²) in [6, 6.07) is 17.8. The van der Waals surface area contributed by atoms with Gasteiger partial charge in [-0.3, -0.25) is 4.79 Å². The molecule has 5 nitrogen and oxygen atoms in total. The van der Waals surface area contributed by atoms with Crippen molar-refractivity contribution in [1.29, 1.82) is 0 Å². The largest absolute Gasteiger partial charge is 0.492 e. The standard InChI is InChI=1S/C20H19N3O2/c24-20(17-12-16-4-1-2-5-19(16)25-14-17)21-13-15-6-8-18(9-7-15)23-11-3-10-22-23/h1-11,17H,12-14H2,(H,21,24)/t17-/m0/s1. The van der Waals surface area contributed by atoms with E-state index < -0.39 is 0 Å². The molecule has 1 aromatic heterocycles. The van der Waals surface area contributed by atoms with E-state index in [1.165, 1.54) is 0 Å². The zero-order valence-corrected chi connectivity index (χ0v) is 13.8. The first-order valence-electron chi connectivity index (χ1n) is 8.37. The van der Waals surface area contributed by atoms with Gasteiger partial charge in [0.25, 0.3) is 0 Å². The number of para-hydroxylation sites is 1. The fraction of sp³-hybridized carbons (Fsp3) is 0.200. The lowest BCUT2D eigenvalue weighted by atomic mass is 9.96. The summed E-state index contributed by atoms with van der Waals surface area (Å²) in [7, 11) is 0. The molecule has 1 aliphatic heterocycles. The highest BCUT2D eigenvalue weighted by Gasteiger charge is 2.25. The van der Waals surface area contributed by atoms with Crippen molar-refractivity contribution in [3.05, 3.63) is 78.1 Å². The molecule has 1 amide bonds. The average molecular weight is 333 g/mol. The second-order valence-corrected chi connectivity index (χ2v) is 6.15. The van der Waals surface area contributed by atoms with Crippen LogP contribution < -0.4 is 10.1 Å². The molecule has 0 aliphatic carbocycles. The number of aromatic nitrogens is 2. The summed E-state index contributed by atoms with van der Waals surface area (Å²) < 4.78 is 7.50. The second kappa shape index (κ2) is 6.81. The third kappa shape index (κ3) is 3.40. The Morgan fingerprint density at radius 3 is 2.80 bits per heavy atom. The van der Waals surface area contributed by atoms with Crippen molar-refractivity contribution >= 4 is 5.91 Å². The van der Waals surface area contributed by atoms with Crippen LogP contribution >= 0.6 is 0 Å². The molecule has 2 aromatic carbocycles. The van der Waals surface area contributed by atoms with Crippen LogP contribution in [-0.4, -0.2) is 22.3 Å². The number of fused-ring (bicyclic) bond motifs is 1. The monoisotopic (exact) mass is 333 g/mol. The van der Waals surface area contributed by atoms with Crippen molar-refractivity contribution in [3.8, 4) is 11.4 Å². The molecular weight excluding hydrogens is 314 g/mol. The van der Waals surface area contributed by atoms with Gasteiger partial charge in [-0.2, -0.15) is 5.10 Å². The van der Waals surface area contributed by atoms with E-state index in [9.17, 15) is 4.79 Å². The topological polar surface area (TPSA) is 56.2 Å². The Labute approximate surface area is 146 Å². The summed E-state index contributed by atoms with van der Waals surface area (Å²) in [5, 5.41) is 7.22. The highest BCUT2D eigenvalue weighted by atomic mass is 16.5. The van der Waals surface area contributed by atoms with E-state index in [1.54, 1.807) is 10.9 Å². The number of carbonyl (C=O) groups is 1. The number of nitrogens with zero attached hydrogens (tertiary/aromatic N) is 2. The van der Waals surface area contributed by atoms with E-state index in [1.807, 2.05) is 60.8 Å². The van der Waals surface area contributed by atoms with Crippen molar-refractivity contribution in [2.24, 2.45) is 5.92 Å². The summed E-state index contributed by atoms with van der Waals surface area (Å²) in [5.74, 6) is 0.782. The molecule has 5 heteroatoms. The van der Waals surface area contributed by atoms with Gasteiger partial charge < -0.3 is 10.1 Å². The normalized spacial score (nSPS) is 15.9. The van der Waals surface area contributed by atoms with Crippen LogP contribution in [0.3, 0.4) is 0 Å². The second-order valence-electron chi connectivity index (χ2n) is 6.15. The molecule has 126 valence electrons. The Kier molecular flexibility index (Phi) is 4.21. The molecule has 0 saturated heterocycles. The molecule has 25 heavy (non-hydrogen) atoms. The highest BCUT2D eigenvalue weighted by molar-refractivity contribution is 5.79. The molecular formula is C20H19N3O2. The molecule has 0 bridgehead atoms. The van der Waals surface area contributed by atoms with E-state index in [-0.39, 0.29) is 11.8 Å². The van der Waals surface area contributed by atoms with Crippen LogP contribution in [0.5, 0.6) is 5.75 Å². The average Bonchev–Trinajstić information content (AvgIpc) is 3.21. The van der Waals surface area contributed by atoms with Gasteiger partial charge in [0.15, 0.2) is 0 Å². The smallest absolute Gasteiger partial charge is 0.227 e. The number of benzene rings is 2. The molecule has 0 saturated carbocycles. The zero-order valence-electron chi connectivity index (χ0n) is 13.8. The molecule has 0 unspecified atom stereocenters. The van der Waals surface area contributed by atoms with E-state index >= 15 is 0 Å². The number of hydrogen-bond donors (Lipinski definition) is 1. The van der Waals surface area contributed by atoms with Gasteiger partial charge in [-0.05, 0) is 41.8 Å². The molecule has 1 aliphatic rings. The van der Waals surface area contributed by atoms with Crippen molar-refractivity contribution < 1.29 is 9.53 Å². The fourth-order valence-corrected chi connectivity index (χ4v) is 3.02. The molecule has 0 fully saturated rings. The van der Waals surface area contributed by atoms with E-state index in [4.69, 9.17) is 4.74 Å². The van der Waals surface area contributed by atoms with E-state index in [0.29, 0.717) is 13.2 Å². The summed E-state index contributed by atoms with van der Waals surface area (Å²) in [6.45, 7) is 0.942. The van der Waals surface area contributed by atoms with Crippen LogP contribution in [0.2, 0.25) is 0 Å². The van der Waals surface area contributed by atoms with Gasteiger partial charge >= 0.3 is 0 Å².